The molecule has 2 amide bonds. The van der Waals surface area contributed by atoms with Crippen LogP contribution in [0.25, 0.3) is 0 Å². The number of sulfonamides is 1. The van der Waals surface area contributed by atoms with Crippen molar-refractivity contribution in [1.29, 1.82) is 0 Å². The first-order valence-corrected chi connectivity index (χ1v) is 12.8. The SMILES string of the molecule is CCOC(=O)N1CCN(C(=O)c2ccc(CN(c3cc(C)ccc3C)S(C)(=O)=O)cc2)CC1. The first-order chi connectivity index (χ1) is 15.6. The highest BCUT2D eigenvalue weighted by molar-refractivity contribution is 7.92. The monoisotopic (exact) mass is 473 g/mol. The highest BCUT2D eigenvalue weighted by Gasteiger charge is 2.26. The van der Waals surface area contributed by atoms with Gasteiger partial charge in [-0.2, -0.15) is 0 Å². The molecule has 2 aromatic carbocycles. The van der Waals surface area contributed by atoms with Crippen molar-refractivity contribution in [1.82, 2.24) is 9.80 Å². The van der Waals surface area contributed by atoms with Gasteiger partial charge >= 0.3 is 6.09 Å². The van der Waals surface area contributed by atoms with E-state index in [-0.39, 0.29) is 18.5 Å². The third-order valence-electron chi connectivity index (χ3n) is 5.65. The Bertz CT molecular complexity index is 1110. The molecule has 0 spiro atoms. The van der Waals surface area contributed by atoms with E-state index in [1.165, 1.54) is 10.6 Å². The second-order valence-electron chi connectivity index (χ2n) is 8.23. The van der Waals surface area contributed by atoms with Gasteiger partial charge in [-0.05, 0) is 55.7 Å². The molecular weight excluding hydrogens is 442 g/mol. The van der Waals surface area contributed by atoms with Gasteiger partial charge in [0.1, 0.15) is 0 Å². The molecule has 178 valence electrons. The van der Waals surface area contributed by atoms with Crippen LogP contribution < -0.4 is 4.31 Å². The summed E-state index contributed by atoms with van der Waals surface area (Å²) < 4.78 is 31.5. The smallest absolute Gasteiger partial charge is 0.409 e. The maximum Gasteiger partial charge on any atom is 0.409 e. The number of hydrogen-bond acceptors (Lipinski definition) is 5. The van der Waals surface area contributed by atoms with E-state index in [9.17, 15) is 18.0 Å². The van der Waals surface area contributed by atoms with Crippen molar-refractivity contribution < 1.29 is 22.7 Å². The number of nitrogens with zero attached hydrogens (tertiary/aromatic N) is 3. The minimum atomic E-state index is -3.50. The van der Waals surface area contributed by atoms with Crippen LogP contribution in [-0.4, -0.2) is 69.3 Å². The number of piperazine rings is 1. The zero-order valence-corrected chi connectivity index (χ0v) is 20.4. The number of ether oxygens (including phenoxy) is 1. The molecule has 0 aromatic heterocycles. The summed E-state index contributed by atoms with van der Waals surface area (Å²) in [5, 5.41) is 0. The first kappa shape index (κ1) is 24.6. The number of amides is 2. The highest BCUT2D eigenvalue weighted by Crippen LogP contribution is 2.26. The van der Waals surface area contributed by atoms with Gasteiger partial charge in [0.05, 0.1) is 25.1 Å². The second kappa shape index (κ2) is 10.2. The minimum Gasteiger partial charge on any atom is -0.450 e. The number of hydrogen-bond donors (Lipinski definition) is 0. The number of anilines is 1. The highest BCUT2D eigenvalue weighted by atomic mass is 32.2. The summed E-state index contributed by atoms with van der Waals surface area (Å²) in [6, 6.07) is 12.7. The molecule has 1 aliphatic rings. The van der Waals surface area contributed by atoms with Crippen LogP contribution in [0.5, 0.6) is 0 Å². The molecule has 3 rings (SSSR count). The quantitative estimate of drug-likeness (QED) is 0.643. The molecule has 9 heteroatoms. The summed E-state index contributed by atoms with van der Waals surface area (Å²) >= 11 is 0. The standard InChI is InChI=1S/C24H31N3O5S/c1-5-32-24(29)26-14-12-25(13-15-26)23(28)21-10-8-20(9-11-21)17-27(33(4,30)31)22-16-18(2)6-7-19(22)3/h6-11,16H,5,12-15,17H2,1-4H3. The van der Waals surface area contributed by atoms with Crippen LogP contribution in [-0.2, 0) is 21.3 Å². The molecule has 0 radical (unpaired) electrons. The second-order valence-corrected chi connectivity index (χ2v) is 10.1. The van der Waals surface area contributed by atoms with Gasteiger partial charge < -0.3 is 14.5 Å². The van der Waals surface area contributed by atoms with Crippen LogP contribution in [0.1, 0.15) is 34.0 Å². The van der Waals surface area contributed by atoms with Gasteiger partial charge in [0.2, 0.25) is 10.0 Å². The fourth-order valence-corrected chi connectivity index (χ4v) is 4.71. The molecule has 0 bridgehead atoms. The van der Waals surface area contributed by atoms with Gasteiger partial charge in [-0.15, -0.1) is 0 Å². The Hall–Kier alpha value is -3.07. The number of rotatable bonds is 6. The number of carbonyl (C=O) groups is 2. The number of benzene rings is 2. The van der Waals surface area contributed by atoms with E-state index in [0.29, 0.717) is 44.0 Å². The molecule has 1 aliphatic heterocycles. The van der Waals surface area contributed by atoms with Gasteiger partial charge in [0, 0.05) is 31.7 Å². The molecule has 2 aromatic rings. The zero-order valence-electron chi connectivity index (χ0n) is 19.6. The first-order valence-electron chi connectivity index (χ1n) is 10.9. The third-order valence-corrected chi connectivity index (χ3v) is 6.78. The molecule has 0 aliphatic carbocycles. The van der Waals surface area contributed by atoms with Crippen LogP contribution in [0.2, 0.25) is 0 Å². The van der Waals surface area contributed by atoms with Crippen LogP contribution in [0, 0.1) is 13.8 Å². The van der Waals surface area contributed by atoms with E-state index in [1.807, 2.05) is 32.0 Å². The lowest BCUT2D eigenvalue weighted by Gasteiger charge is -2.34. The molecule has 0 N–H and O–H groups in total. The Morgan fingerprint density at radius 2 is 1.58 bits per heavy atom. The maximum absolute atomic E-state index is 12.9. The van der Waals surface area contributed by atoms with Gasteiger partial charge in [0.25, 0.3) is 5.91 Å². The van der Waals surface area contributed by atoms with E-state index >= 15 is 0 Å². The largest absolute Gasteiger partial charge is 0.450 e. The number of carbonyl (C=O) groups excluding carboxylic acids is 2. The van der Waals surface area contributed by atoms with Crippen molar-refractivity contribution in [2.24, 2.45) is 0 Å². The summed E-state index contributed by atoms with van der Waals surface area (Å²) in [6.45, 7) is 7.82. The van der Waals surface area contributed by atoms with Gasteiger partial charge in [0.15, 0.2) is 0 Å². The summed E-state index contributed by atoms with van der Waals surface area (Å²) in [4.78, 5) is 28.0. The lowest BCUT2D eigenvalue weighted by molar-refractivity contribution is 0.0570. The molecule has 1 heterocycles. The predicted molar refractivity (Wildman–Crippen MR) is 128 cm³/mol. The van der Waals surface area contributed by atoms with Crippen molar-refractivity contribution in [2.75, 3.05) is 43.3 Å². The van der Waals surface area contributed by atoms with Crippen molar-refractivity contribution in [3.8, 4) is 0 Å². The summed E-state index contributed by atoms with van der Waals surface area (Å²) in [5.41, 5.74) is 3.82. The Morgan fingerprint density at radius 3 is 2.15 bits per heavy atom. The summed E-state index contributed by atoms with van der Waals surface area (Å²) in [7, 11) is -3.50. The Balaban J connectivity index is 1.70. The lowest BCUT2D eigenvalue weighted by Crippen LogP contribution is -2.50. The molecule has 1 fully saturated rings. The number of aryl methyl sites for hydroxylation is 2. The fraction of sp³-hybridized carbons (Fsp3) is 0.417. The van der Waals surface area contributed by atoms with Crippen molar-refractivity contribution >= 4 is 27.7 Å². The molecule has 0 saturated carbocycles. The molecule has 0 unspecified atom stereocenters. The van der Waals surface area contributed by atoms with Crippen LogP contribution in [0.4, 0.5) is 10.5 Å². The summed E-state index contributed by atoms with van der Waals surface area (Å²) in [5.74, 6) is -0.112. The Kier molecular flexibility index (Phi) is 7.63. The van der Waals surface area contributed by atoms with Crippen LogP contribution in [0.15, 0.2) is 42.5 Å². The van der Waals surface area contributed by atoms with E-state index in [0.717, 1.165) is 16.7 Å². The minimum absolute atomic E-state index is 0.112. The average molecular weight is 474 g/mol. The topological polar surface area (TPSA) is 87.2 Å². The Labute approximate surface area is 195 Å². The van der Waals surface area contributed by atoms with E-state index in [1.54, 1.807) is 41.0 Å². The maximum atomic E-state index is 12.9. The van der Waals surface area contributed by atoms with Gasteiger partial charge in [-0.25, -0.2) is 13.2 Å². The van der Waals surface area contributed by atoms with Gasteiger partial charge in [-0.1, -0.05) is 24.3 Å². The molecule has 1 saturated heterocycles. The van der Waals surface area contributed by atoms with E-state index in [4.69, 9.17) is 4.74 Å². The van der Waals surface area contributed by atoms with E-state index in [2.05, 4.69) is 0 Å². The molecule has 33 heavy (non-hydrogen) atoms. The zero-order chi connectivity index (χ0) is 24.2. The molecule has 0 atom stereocenters. The molecule has 8 nitrogen and oxygen atoms in total. The van der Waals surface area contributed by atoms with Crippen molar-refractivity contribution in [2.45, 2.75) is 27.3 Å². The van der Waals surface area contributed by atoms with Gasteiger partial charge in [-0.3, -0.25) is 9.10 Å². The third kappa shape index (κ3) is 6.04. The lowest BCUT2D eigenvalue weighted by atomic mass is 10.1. The van der Waals surface area contributed by atoms with Crippen LogP contribution >= 0.6 is 0 Å². The normalized spacial score (nSPS) is 14.2. The predicted octanol–water partition coefficient (Wildman–Crippen LogP) is 3.18. The van der Waals surface area contributed by atoms with Crippen molar-refractivity contribution in [3.63, 3.8) is 0 Å². The fourth-order valence-electron chi connectivity index (χ4n) is 3.78. The summed E-state index contributed by atoms with van der Waals surface area (Å²) in [6.07, 6.45) is 0.844. The molecular formula is C24H31N3O5S. The Morgan fingerprint density at radius 1 is 0.970 bits per heavy atom. The van der Waals surface area contributed by atoms with E-state index < -0.39 is 10.0 Å². The van der Waals surface area contributed by atoms with Crippen molar-refractivity contribution in [3.05, 3.63) is 64.7 Å². The average Bonchev–Trinajstić information content (AvgIpc) is 2.79. The van der Waals surface area contributed by atoms with Crippen LogP contribution in [0.3, 0.4) is 0 Å².